The Labute approximate surface area is 87.4 Å². The van der Waals surface area contributed by atoms with Gasteiger partial charge in [-0.1, -0.05) is 12.2 Å². The monoisotopic (exact) mass is 210 g/mol. The Bertz CT molecular complexity index is 382. The number of benzene rings is 1. The molecule has 0 unspecified atom stereocenters. The van der Waals surface area contributed by atoms with E-state index in [1.54, 1.807) is 19.1 Å². The van der Waals surface area contributed by atoms with Crippen LogP contribution in [0.2, 0.25) is 0 Å². The molecule has 0 amide bonds. The van der Waals surface area contributed by atoms with Crippen LogP contribution in [0.5, 0.6) is 0 Å². The van der Waals surface area contributed by atoms with Gasteiger partial charge in [-0.25, -0.2) is 4.39 Å². The Morgan fingerprint density at radius 1 is 1.21 bits per heavy atom. The maximum Gasteiger partial charge on any atom is 0.123 e. The van der Waals surface area contributed by atoms with Crippen molar-refractivity contribution in [1.82, 2.24) is 0 Å². The molecule has 0 spiro atoms. The van der Waals surface area contributed by atoms with Crippen LogP contribution in [0.3, 0.4) is 0 Å². The van der Waals surface area contributed by atoms with Gasteiger partial charge in [-0.15, -0.1) is 0 Å². The fourth-order valence-corrected chi connectivity index (χ4v) is 1.09. The Balaban J connectivity index is 3.12. The van der Waals surface area contributed by atoms with E-state index in [4.69, 9.17) is 23.7 Å². The van der Waals surface area contributed by atoms with Crippen molar-refractivity contribution in [3.8, 4) is 0 Å². The van der Waals surface area contributed by atoms with E-state index in [9.17, 15) is 4.39 Å². The summed E-state index contributed by atoms with van der Waals surface area (Å²) in [5.74, 6) is -0.297. The van der Waals surface area contributed by atoms with E-state index in [-0.39, 0.29) is 10.8 Å². The number of thiocarbonyl (C=S) groups is 1. The molecule has 1 aromatic rings. The van der Waals surface area contributed by atoms with Gasteiger partial charge in [0.1, 0.15) is 10.8 Å². The first kappa shape index (κ1) is 10.7. The summed E-state index contributed by atoms with van der Waals surface area (Å²) in [6.45, 7) is 1.74. The molecule has 2 nitrogen and oxygen atoms in total. The van der Waals surface area contributed by atoms with Crippen LogP contribution in [0, 0.1) is 5.82 Å². The van der Waals surface area contributed by atoms with Crippen LogP contribution in [0.1, 0.15) is 12.5 Å². The lowest BCUT2D eigenvalue weighted by atomic mass is 10.1. The van der Waals surface area contributed by atoms with Crippen LogP contribution in [-0.4, -0.2) is 4.99 Å². The van der Waals surface area contributed by atoms with E-state index >= 15 is 0 Å². The van der Waals surface area contributed by atoms with Gasteiger partial charge in [-0.05, 0) is 36.8 Å². The van der Waals surface area contributed by atoms with Crippen LogP contribution >= 0.6 is 12.2 Å². The highest BCUT2D eigenvalue weighted by Gasteiger charge is 2.03. The molecule has 0 saturated carbocycles. The van der Waals surface area contributed by atoms with Gasteiger partial charge >= 0.3 is 0 Å². The van der Waals surface area contributed by atoms with Gasteiger partial charge in [0, 0.05) is 11.3 Å². The molecule has 74 valence electrons. The molecule has 4 heteroatoms. The fourth-order valence-electron chi connectivity index (χ4n) is 0.979. The molecule has 0 bridgehead atoms. The predicted octanol–water partition coefficient (Wildman–Crippen LogP) is 1.80. The average Bonchev–Trinajstić information content (AvgIpc) is 2.16. The molecular formula is C10H11FN2S. The number of hydrogen-bond donors (Lipinski definition) is 2. The van der Waals surface area contributed by atoms with Gasteiger partial charge in [-0.2, -0.15) is 0 Å². The summed E-state index contributed by atoms with van der Waals surface area (Å²) < 4.78 is 12.6. The third-order valence-corrected chi connectivity index (χ3v) is 2.24. The van der Waals surface area contributed by atoms with Gasteiger partial charge in [0.2, 0.25) is 0 Å². The third kappa shape index (κ3) is 2.29. The molecular weight excluding hydrogens is 199 g/mol. The molecule has 0 aromatic heterocycles. The smallest absolute Gasteiger partial charge is 0.123 e. The quantitative estimate of drug-likeness (QED) is 0.578. The van der Waals surface area contributed by atoms with E-state index in [0.29, 0.717) is 11.3 Å². The molecule has 0 fully saturated rings. The van der Waals surface area contributed by atoms with Gasteiger partial charge in [0.25, 0.3) is 0 Å². The topological polar surface area (TPSA) is 52.0 Å². The number of nitrogens with two attached hydrogens (primary N) is 2. The average molecular weight is 210 g/mol. The predicted molar refractivity (Wildman–Crippen MR) is 60.0 cm³/mol. The van der Waals surface area contributed by atoms with Gasteiger partial charge in [-0.3, -0.25) is 0 Å². The van der Waals surface area contributed by atoms with Crippen molar-refractivity contribution in [3.05, 3.63) is 41.2 Å². The van der Waals surface area contributed by atoms with E-state index in [2.05, 4.69) is 0 Å². The Hall–Kier alpha value is -1.42. The van der Waals surface area contributed by atoms with Crippen molar-refractivity contribution in [1.29, 1.82) is 0 Å². The second-order valence-corrected chi connectivity index (χ2v) is 3.35. The number of hydrogen-bond acceptors (Lipinski definition) is 2. The largest absolute Gasteiger partial charge is 0.398 e. The first-order valence-corrected chi connectivity index (χ1v) is 4.45. The number of rotatable bonds is 2. The van der Waals surface area contributed by atoms with E-state index in [1.165, 1.54) is 12.1 Å². The molecule has 0 aliphatic heterocycles. The van der Waals surface area contributed by atoms with Crippen LogP contribution in [0.15, 0.2) is 29.8 Å². The van der Waals surface area contributed by atoms with Gasteiger partial charge in [0.15, 0.2) is 0 Å². The van der Waals surface area contributed by atoms with Crippen LogP contribution < -0.4 is 11.5 Å². The summed E-state index contributed by atoms with van der Waals surface area (Å²) in [6, 6.07) is 5.86. The van der Waals surface area contributed by atoms with Crippen LogP contribution in [-0.2, 0) is 0 Å². The zero-order chi connectivity index (χ0) is 10.7. The Morgan fingerprint density at radius 2 is 1.71 bits per heavy atom. The molecule has 0 saturated heterocycles. The molecule has 0 aliphatic rings. The maximum absolute atomic E-state index is 12.6. The summed E-state index contributed by atoms with van der Waals surface area (Å²) in [5.41, 5.74) is 13.1. The molecule has 1 rings (SSSR count). The lowest BCUT2D eigenvalue weighted by molar-refractivity contribution is 0.627. The summed E-state index contributed by atoms with van der Waals surface area (Å²) in [6.07, 6.45) is 0. The molecule has 0 aliphatic carbocycles. The summed E-state index contributed by atoms with van der Waals surface area (Å²) in [5, 5.41) is 0. The Kier molecular flexibility index (Phi) is 3.19. The lowest BCUT2D eigenvalue weighted by Crippen LogP contribution is -2.14. The van der Waals surface area contributed by atoms with Crippen molar-refractivity contribution >= 4 is 22.9 Å². The lowest BCUT2D eigenvalue weighted by Gasteiger charge is -2.06. The summed E-state index contributed by atoms with van der Waals surface area (Å²) >= 11 is 4.79. The van der Waals surface area contributed by atoms with Gasteiger partial charge < -0.3 is 11.5 Å². The van der Waals surface area contributed by atoms with Crippen molar-refractivity contribution in [2.45, 2.75) is 6.92 Å². The second-order valence-electron chi connectivity index (χ2n) is 2.91. The van der Waals surface area contributed by atoms with E-state index < -0.39 is 0 Å². The molecule has 14 heavy (non-hydrogen) atoms. The minimum atomic E-state index is -0.297. The standard InChI is InChI=1S/C10H11FN2S/c1-6(10(13)14)9(12)7-2-4-8(11)5-3-7/h2-5H,12H2,1H3,(H2,13,14)/b9-6-. The maximum atomic E-state index is 12.6. The molecule has 0 heterocycles. The third-order valence-electron chi connectivity index (χ3n) is 1.93. The Morgan fingerprint density at radius 3 is 2.14 bits per heavy atom. The SMILES string of the molecule is C/C(C(N)=S)=C(/N)c1ccc(F)cc1. The zero-order valence-corrected chi connectivity index (χ0v) is 8.57. The molecule has 0 radical (unpaired) electrons. The van der Waals surface area contributed by atoms with Gasteiger partial charge in [0.05, 0.1) is 0 Å². The first-order valence-electron chi connectivity index (χ1n) is 4.04. The molecule has 1 aromatic carbocycles. The molecule has 4 N–H and O–H groups in total. The van der Waals surface area contributed by atoms with E-state index in [0.717, 1.165) is 5.56 Å². The first-order chi connectivity index (χ1) is 6.52. The van der Waals surface area contributed by atoms with E-state index in [1.807, 2.05) is 0 Å². The van der Waals surface area contributed by atoms with Crippen molar-refractivity contribution < 1.29 is 4.39 Å². The minimum absolute atomic E-state index is 0.256. The highest BCUT2D eigenvalue weighted by molar-refractivity contribution is 7.80. The summed E-state index contributed by atoms with van der Waals surface area (Å²) in [4.78, 5) is 0.256. The second kappa shape index (κ2) is 4.19. The fraction of sp³-hybridized carbons (Fsp3) is 0.100. The van der Waals surface area contributed by atoms with Crippen LogP contribution in [0.4, 0.5) is 4.39 Å². The van der Waals surface area contributed by atoms with Crippen LogP contribution in [0.25, 0.3) is 5.70 Å². The normalized spacial score (nSPS) is 12.1. The highest BCUT2D eigenvalue weighted by Crippen LogP contribution is 2.13. The summed E-state index contributed by atoms with van der Waals surface area (Å²) in [7, 11) is 0. The molecule has 0 atom stereocenters. The number of halogens is 1. The van der Waals surface area contributed by atoms with Crippen molar-refractivity contribution in [3.63, 3.8) is 0 Å². The minimum Gasteiger partial charge on any atom is -0.398 e. The van der Waals surface area contributed by atoms with Crippen molar-refractivity contribution in [2.24, 2.45) is 11.5 Å². The highest BCUT2D eigenvalue weighted by atomic mass is 32.1. The zero-order valence-electron chi connectivity index (χ0n) is 7.75. The van der Waals surface area contributed by atoms with Crippen molar-refractivity contribution in [2.75, 3.05) is 0 Å².